The molecule has 0 fully saturated rings. The molecule has 0 bridgehead atoms. The van der Waals surface area contributed by atoms with Crippen molar-refractivity contribution in [2.75, 3.05) is 20.8 Å². The second-order valence-electron chi connectivity index (χ2n) is 8.14. The lowest BCUT2D eigenvalue weighted by molar-refractivity contribution is -0.122. The van der Waals surface area contributed by atoms with Crippen LogP contribution in [-0.4, -0.2) is 40.0 Å². The number of rotatable bonds is 8. The van der Waals surface area contributed by atoms with Gasteiger partial charge in [-0.05, 0) is 72.2 Å². The number of ether oxygens (including phenoxy) is 2. The Kier molecular flexibility index (Phi) is 7.49. The Bertz CT molecular complexity index is 1450. The second-order valence-corrected chi connectivity index (χ2v) is 10.1. The molecule has 0 spiro atoms. The summed E-state index contributed by atoms with van der Waals surface area (Å²) in [6.45, 7) is 0.384. The van der Waals surface area contributed by atoms with Crippen LogP contribution in [0.25, 0.3) is 11.8 Å². The lowest BCUT2D eigenvalue weighted by Crippen LogP contribution is -2.27. The van der Waals surface area contributed by atoms with E-state index in [0.717, 1.165) is 16.8 Å². The predicted octanol–water partition coefficient (Wildman–Crippen LogP) is 4.51. The Morgan fingerprint density at radius 2 is 1.67 bits per heavy atom. The number of benzene rings is 3. The normalized spacial score (nSPS) is 14.8. The van der Waals surface area contributed by atoms with Gasteiger partial charge in [-0.1, -0.05) is 35.9 Å². The van der Waals surface area contributed by atoms with Crippen LogP contribution in [0, 0.1) is 0 Å². The molecule has 7 nitrogen and oxygen atoms in total. The van der Waals surface area contributed by atoms with Crippen LogP contribution < -0.4 is 14.6 Å². The van der Waals surface area contributed by atoms with E-state index in [0.29, 0.717) is 40.6 Å². The van der Waals surface area contributed by atoms with Gasteiger partial charge in [-0.3, -0.25) is 4.79 Å². The number of nitrogens with two attached hydrogens (primary N) is 1. The van der Waals surface area contributed by atoms with Gasteiger partial charge in [0.2, 0.25) is 10.0 Å². The molecule has 1 aliphatic rings. The van der Waals surface area contributed by atoms with Crippen molar-refractivity contribution in [3.8, 4) is 11.5 Å². The second kappa shape index (κ2) is 10.6. The SMILES string of the molecule is COc1ccc(OC)c(/C=C2/C=C(c3ccc(Cl)cc3)N(CCc3ccc(S(N)(=O)=O)cc3)C2=O)c1. The molecular weight excluding hydrogens is 500 g/mol. The predicted molar refractivity (Wildman–Crippen MR) is 140 cm³/mol. The van der Waals surface area contributed by atoms with Gasteiger partial charge in [0.05, 0.1) is 24.8 Å². The number of hydrogen-bond donors (Lipinski definition) is 1. The van der Waals surface area contributed by atoms with E-state index in [9.17, 15) is 13.2 Å². The molecule has 1 amide bonds. The molecule has 186 valence electrons. The monoisotopic (exact) mass is 524 g/mol. The third-order valence-electron chi connectivity index (χ3n) is 5.84. The van der Waals surface area contributed by atoms with Gasteiger partial charge in [-0.2, -0.15) is 0 Å². The van der Waals surface area contributed by atoms with Crippen molar-refractivity contribution in [1.29, 1.82) is 0 Å². The van der Waals surface area contributed by atoms with E-state index in [-0.39, 0.29) is 10.8 Å². The Labute approximate surface area is 215 Å². The molecule has 1 aliphatic heterocycles. The number of halogens is 1. The van der Waals surface area contributed by atoms with Gasteiger partial charge in [0.15, 0.2) is 0 Å². The standard InChI is InChI=1S/C27H25ClN2O5S/c1-34-23-9-12-26(35-2)20(16-23)15-21-17-25(19-5-7-22(28)8-6-19)30(27(21)31)14-13-18-3-10-24(11-4-18)36(29,32)33/h3-12,15-17H,13-14H2,1-2H3,(H2,29,32,33)/b21-15-. The summed E-state index contributed by atoms with van der Waals surface area (Å²) in [5.74, 6) is 1.10. The zero-order valence-corrected chi connectivity index (χ0v) is 21.3. The van der Waals surface area contributed by atoms with Crippen LogP contribution >= 0.6 is 11.6 Å². The van der Waals surface area contributed by atoms with Crippen molar-refractivity contribution in [2.45, 2.75) is 11.3 Å². The third-order valence-corrected chi connectivity index (χ3v) is 7.02. The highest BCUT2D eigenvalue weighted by atomic mass is 35.5. The van der Waals surface area contributed by atoms with Crippen molar-refractivity contribution in [3.05, 3.63) is 100 Å². The first kappa shape index (κ1) is 25.5. The fraction of sp³-hybridized carbons (Fsp3) is 0.148. The largest absolute Gasteiger partial charge is 0.497 e. The van der Waals surface area contributed by atoms with Crippen LogP contribution in [0.1, 0.15) is 16.7 Å². The zero-order valence-electron chi connectivity index (χ0n) is 19.8. The average molecular weight is 525 g/mol. The molecule has 3 aromatic carbocycles. The molecule has 9 heteroatoms. The first-order valence-electron chi connectivity index (χ1n) is 11.0. The van der Waals surface area contributed by atoms with Crippen LogP contribution in [0.5, 0.6) is 11.5 Å². The average Bonchev–Trinajstić information content (AvgIpc) is 3.17. The minimum atomic E-state index is -3.77. The number of primary sulfonamides is 1. The van der Waals surface area contributed by atoms with E-state index < -0.39 is 10.0 Å². The van der Waals surface area contributed by atoms with Crippen molar-refractivity contribution < 1.29 is 22.7 Å². The number of carbonyl (C=O) groups is 1. The summed E-state index contributed by atoms with van der Waals surface area (Å²) in [4.78, 5) is 15.3. The molecule has 0 aromatic heterocycles. The molecule has 1 heterocycles. The number of carbonyl (C=O) groups excluding carboxylic acids is 1. The van der Waals surface area contributed by atoms with Crippen LogP contribution in [0.4, 0.5) is 0 Å². The van der Waals surface area contributed by atoms with Gasteiger partial charge in [0, 0.05) is 22.7 Å². The molecule has 3 aromatic rings. The van der Waals surface area contributed by atoms with Gasteiger partial charge < -0.3 is 14.4 Å². The summed E-state index contributed by atoms with van der Waals surface area (Å²) in [5, 5.41) is 5.79. The molecule has 0 unspecified atom stereocenters. The number of sulfonamides is 1. The van der Waals surface area contributed by atoms with E-state index >= 15 is 0 Å². The minimum absolute atomic E-state index is 0.0442. The van der Waals surface area contributed by atoms with Gasteiger partial charge >= 0.3 is 0 Å². The maximum Gasteiger partial charge on any atom is 0.258 e. The summed E-state index contributed by atoms with van der Waals surface area (Å²) in [6.07, 6.45) is 4.13. The molecule has 0 saturated heterocycles. The third kappa shape index (κ3) is 5.62. The molecule has 2 N–H and O–H groups in total. The first-order valence-corrected chi connectivity index (χ1v) is 13.0. The maximum absolute atomic E-state index is 13.5. The maximum atomic E-state index is 13.5. The van der Waals surface area contributed by atoms with Crippen molar-refractivity contribution >= 4 is 39.3 Å². The Morgan fingerprint density at radius 3 is 2.28 bits per heavy atom. The molecule has 4 rings (SSSR count). The fourth-order valence-electron chi connectivity index (χ4n) is 3.94. The van der Waals surface area contributed by atoms with Crippen molar-refractivity contribution in [1.82, 2.24) is 4.90 Å². The Balaban J connectivity index is 1.67. The van der Waals surface area contributed by atoms with Gasteiger partial charge in [0.1, 0.15) is 11.5 Å². The van der Waals surface area contributed by atoms with Gasteiger partial charge in [-0.15, -0.1) is 0 Å². The first-order chi connectivity index (χ1) is 17.2. The topological polar surface area (TPSA) is 98.9 Å². The number of hydrogen-bond acceptors (Lipinski definition) is 5. The summed E-state index contributed by atoms with van der Waals surface area (Å²) in [7, 11) is -0.616. The highest BCUT2D eigenvalue weighted by molar-refractivity contribution is 7.89. The highest BCUT2D eigenvalue weighted by Crippen LogP contribution is 2.34. The Morgan fingerprint density at radius 1 is 0.972 bits per heavy atom. The summed E-state index contributed by atoms with van der Waals surface area (Å²) < 4.78 is 33.9. The summed E-state index contributed by atoms with van der Waals surface area (Å²) in [5.41, 5.74) is 3.67. The van der Waals surface area contributed by atoms with Crippen molar-refractivity contribution in [3.63, 3.8) is 0 Å². The van der Waals surface area contributed by atoms with E-state index in [2.05, 4.69) is 0 Å². The molecule has 0 radical (unpaired) electrons. The van der Waals surface area contributed by atoms with Crippen LogP contribution in [0.2, 0.25) is 5.02 Å². The van der Waals surface area contributed by atoms with E-state index in [1.807, 2.05) is 24.3 Å². The van der Waals surface area contributed by atoms with E-state index in [4.69, 9.17) is 26.2 Å². The van der Waals surface area contributed by atoms with Crippen LogP contribution in [0.15, 0.2) is 83.3 Å². The lowest BCUT2D eigenvalue weighted by atomic mass is 10.1. The summed E-state index contributed by atoms with van der Waals surface area (Å²) in [6, 6.07) is 19.0. The fourth-order valence-corrected chi connectivity index (χ4v) is 4.59. The summed E-state index contributed by atoms with van der Waals surface area (Å²) >= 11 is 6.08. The molecule has 0 aliphatic carbocycles. The minimum Gasteiger partial charge on any atom is -0.497 e. The molecular formula is C27H25ClN2O5S. The zero-order chi connectivity index (χ0) is 25.9. The number of nitrogens with zero attached hydrogens (tertiary/aromatic N) is 1. The number of amides is 1. The molecule has 0 atom stereocenters. The van der Waals surface area contributed by atoms with Gasteiger partial charge in [0.25, 0.3) is 5.91 Å². The Hall–Kier alpha value is -3.59. The molecule has 36 heavy (non-hydrogen) atoms. The van der Waals surface area contributed by atoms with E-state index in [1.54, 1.807) is 61.6 Å². The lowest BCUT2D eigenvalue weighted by Gasteiger charge is -2.21. The molecule has 0 saturated carbocycles. The number of methoxy groups -OCH3 is 2. The van der Waals surface area contributed by atoms with Crippen LogP contribution in [0.3, 0.4) is 0 Å². The smallest absolute Gasteiger partial charge is 0.258 e. The highest BCUT2D eigenvalue weighted by Gasteiger charge is 2.29. The van der Waals surface area contributed by atoms with Crippen molar-refractivity contribution in [2.24, 2.45) is 5.14 Å². The van der Waals surface area contributed by atoms with E-state index in [1.165, 1.54) is 12.1 Å². The van der Waals surface area contributed by atoms with Gasteiger partial charge in [-0.25, -0.2) is 13.6 Å². The van der Waals surface area contributed by atoms with Crippen LogP contribution in [-0.2, 0) is 21.2 Å². The quantitative estimate of drug-likeness (QED) is 0.437.